The Morgan fingerprint density at radius 3 is 2.44 bits per heavy atom. The van der Waals surface area contributed by atoms with Crippen LogP contribution in [0.4, 0.5) is 0 Å². The first-order valence-corrected chi connectivity index (χ1v) is 7.93. The fourth-order valence-corrected chi connectivity index (χ4v) is 2.78. The van der Waals surface area contributed by atoms with E-state index in [2.05, 4.69) is 5.32 Å². The lowest BCUT2D eigenvalue weighted by molar-refractivity contribution is 0.171. The molecule has 0 aliphatic carbocycles. The number of aliphatic hydroxyl groups is 1. The van der Waals surface area contributed by atoms with Crippen LogP contribution in [0.15, 0.2) is 30.3 Å². The molecule has 1 rings (SSSR count). The minimum Gasteiger partial charge on any atom is -0.387 e. The van der Waals surface area contributed by atoms with Gasteiger partial charge in [-0.25, -0.2) is 8.42 Å². The zero-order chi connectivity index (χ0) is 13.6. The van der Waals surface area contributed by atoms with Crippen molar-refractivity contribution in [2.75, 3.05) is 18.1 Å². The third-order valence-corrected chi connectivity index (χ3v) is 4.68. The second kappa shape index (κ2) is 6.87. The molecule has 4 nitrogen and oxygen atoms in total. The van der Waals surface area contributed by atoms with Crippen LogP contribution in [0.25, 0.3) is 0 Å². The predicted molar refractivity (Wildman–Crippen MR) is 73.2 cm³/mol. The summed E-state index contributed by atoms with van der Waals surface area (Å²) in [5, 5.41) is 13.0. The number of sulfone groups is 1. The van der Waals surface area contributed by atoms with E-state index in [-0.39, 0.29) is 17.5 Å². The minimum absolute atomic E-state index is 0.102. The highest BCUT2D eigenvalue weighted by molar-refractivity contribution is 7.91. The van der Waals surface area contributed by atoms with Crippen LogP contribution in [0.2, 0.25) is 0 Å². The highest BCUT2D eigenvalue weighted by Gasteiger charge is 2.15. The van der Waals surface area contributed by atoms with Gasteiger partial charge in [-0.15, -0.1) is 0 Å². The van der Waals surface area contributed by atoms with Gasteiger partial charge in [-0.2, -0.15) is 0 Å². The summed E-state index contributed by atoms with van der Waals surface area (Å²) >= 11 is 0. The average Bonchev–Trinajstić information content (AvgIpc) is 2.36. The summed E-state index contributed by atoms with van der Waals surface area (Å²) in [6.07, 6.45) is -0.613. The molecule has 0 spiro atoms. The van der Waals surface area contributed by atoms with E-state index in [0.29, 0.717) is 6.54 Å². The molecular weight excluding hydrogens is 250 g/mol. The summed E-state index contributed by atoms with van der Waals surface area (Å²) in [7, 11) is -2.98. The van der Waals surface area contributed by atoms with Crippen molar-refractivity contribution in [1.29, 1.82) is 0 Å². The monoisotopic (exact) mass is 271 g/mol. The van der Waals surface area contributed by atoms with E-state index in [1.807, 2.05) is 37.3 Å². The summed E-state index contributed by atoms with van der Waals surface area (Å²) < 4.78 is 22.8. The molecule has 2 unspecified atom stereocenters. The number of aliphatic hydroxyl groups excluding tert-OH is 1. The third kappa shape index (κ3) is 5.16. The highest BCUT2D eigenvalue weighted by Crippen LogP contribution is 2.10. The van der Waals surface area contributed by atoms with Gasteiger partial charge < -0.3 is 10.4 Å². The van der Waals surface area contributed by atoms with Crippen molar-refractivity contribution in [3.63, 3.8) is 0 Å². The van der Waals surface area contributed by atoms with E-state index in [0.717, 1.165) is 5.56 Å². The lowest BCUT2D eigenvalue weighted by Crippen LogP contribution is -2.36. The fraction of sp³-hybridized carbons (Fsp3) is 0.538. The number of nitrogens with one attached hydrogen (secondary N) is 1. The fourth-order valence-electron chi connectivity index (χ4n) is 1.66. The Labute approximate surface area is 109 Å². The van der Waals surface area contributed by atoms with Crippen LogP contribution in [-0.4, -0.2) is 37.6 Å². The molecule has 2 N–H and O–H groups in total. The normalized spacial score (nSPS) is 15.3. The molecule has 0 aromatic heterocycles. The predicted octanol–water partition coefficient (Wildman–Crippen LogP) is 1.13. The van der Waals surface area contributed by atoms with Gasteiger partial charge in [0.2, 0.25) is 0 Å². The lowest BCUT2D eigenvalue weighted by atomic mass is 10.1. The summed E-state index contributed by atoms with van der Waals surface area (Å²) in [6, 6.07) is 9.15. The van der Waals surface area contributed by atoms with Crippen LogP contribution < -0.4 is 5.32 Å². The quantitative estimate of drug-likeness (QED) is 0.780. The Hall–Kier alpha value is -0.910. The van der Waals surface area contributed by atoms with E-state index >= 15 is 0 Å². The number of hydrogen-bond donors (Lipinski definition) is 2. The Bertz CT molecular complexity index is 445. The molecule has 0 aliphatic heterocycles. The molecule has 0 saturated heterocycles. The highest BCUT2D eigenvalue weighted by atomic mass is 32.2. The average molecular weight is 271 g/mol. The van der Waals surface area contributed by atoms with E-state index in [9.17, 15) is 13.5 Å². The molecule has 1 aromatic carbocycles. The number of hydrogen-bond acceptors (Lipinski definition) is 4. The molecule has 18 heavy (non-hydrogen) atoms. The van der Waals surface area contributed by atoms with Crippen LogP contribution in [0.5, 0.6) is 0 Å². The molecular formula is C13H21NO3S. The Balaban J connectivity index is 2.42. The van der Waals surface area contributed by atoms with Crippen LogP contribution in [0.1, 0.15) is 25.5 Å². The van der Waals surface area contributed by atoms with Crippen LogP contribution in [0.3, 0.4) is 0 Å². The first-order valence-electron chi connectivity index (χ1n) is 6.11. The zero-order valence-corrected chi connectivity index (χ0v) is 11.7. The topological polar surface area (TPSA) is 66.4 Å². The number of benzene rings is 1. The van der Waals surface area contributed by atoms with Crippen molar-refractivity contribution in [3.05, 3.63) is 35.9 Å². The largest absolute Gasteiger partial charge is 0.387 e. The van der Waals surface area contributed by atoms with Gasteiger partial charge in [0, 0.05) is 18.3 Å². The van der Waals surface area contributed by atoms with Gasteiger partial charge in [-0.1, -0.05) is 37.3 Å². The van der Waals surface area contributed by atoms with Crippen LogP contribution in [0, 0.1) is 0 Å². The van der Waals surface area contributed by atoms with Gasteiger partial charge >= 0.3 is 0 Å². The van der Waals surface area contributed by atoms with Gasteiger partial charge in [0.25, 0.3) is 0 Å². The van der Waals surface area contributed by atoms with Crippen molar-refractivity contribution >= 4 is 9.84 Å². The molecule has 2 atom stereocenters. The summed E-state index contributed by atoms with van der Waals surface area (Å²) in [5.74, 6) is 0.255. The zero-order valence-electron chi connectivity index (χ0n) is 10.8. The third-order valence-electron chi connectivity index (χ3n) is 2.79. The minimum atomic E-state index is -2.98. The summed E-state index contributed by atoms with van der Waals surface area (Å²) in [5.41, 5.74) is 0.829. The second-order valence-corrected chi connectivity index (χ2v) is 6.83. The van der Waals surface area contributed by atoms with Gasteiger partial charge in [-0.3, -0.25) is 0 Å². The first kappa shape index (κ1) is 15.1. The Morgan fingerprint density at radius 1 is 1.28 bits per heavy atom. The van der Waals surface area contributed by atoms with Crippen molar-refractivity contribution in [2.45, 2.75) is 26.0 Å². The van der Waals surface area contributed by atoms with Crippen LogP contribution in [-0.2, 0) is 9.84 Å². The maximum atomic E-state index is 11.4. The van der Waals surface area contributed by atoms with E-state index in [1.54, 1.807) is 6.92 Å². The maximum absolute atomic E-state index is 11.4. The Morgan fingerprint density at radius 2 is 1.89 bits per heavy atom. The maximum Gasteiger partial charge on any atom is 0.151 e. The van der Waals surface area contributed by atoms with E-state index < -0.39 is 15.9 Å². The van der Waals surface area contributed by atoms with Crippen molar-refractivity contribution in [1.82, 2.24) is 5.32 Å². The van der Waals surface area contributed by atoms with E-state index in [1.165, 1.54) is 0 Å². The number of rotatable bonds is 7. The standard InChI is InChI=1S/C13H21NO3S/c1-3-18(16,17)10-11(2)14-9-13(15)12-7-5-4-6-8-12/h4-8,11,13-15H,3,9-10H2,1-2H3. The molecule has 0 aliphatic rings. The van der Waals surface area contributed by atoms with Gasteiger partial charge in [0.1, 0.15) is 0 Å². The second-order valence-electron chi connectivity index (χ2n) is 4.43. The molecule has 5 heteroatoms. The summed E-state index contributed by atoms with van der Waals surface area (Å²) in [4.78, 5) is 0. The molecule has 1 aromatic rings. The lowest BCUT2D eigenvalue weighted by Gasteiger charge is -2.17. The molecule has 102 valence electrons. The van der Waals surface area contributed by atoms with Gasteiger partial charge in [-0.05, 0) is 12.5 Å². The smallest absolute Gasteiger partial charge is 0.151 e. The van der Waals surface area contributed by atoms with Crippen molar-refractivity contribution < 1.29 is 13.5 Å². The SMILES string of the molecule is CCS(=O)(=O)CC(C)NCC(O)c1ccccc1. The Kier molecular flexibility index (Phi) is 5.78. The summed E-state index contributed by atoms with van der Waals surface area (Å²) in [6.45, 7) is 3.80. The molecule has 0 amide bonds. The molecule has 0 fully saturated rings. The van der Waals surface area contributed by atoms with Crippen molar-refractivity contribution in [3.8, 4) is 0 Å². The molecule has 0 saturated carbocycles. The molecule has 0 heterocycles. The van der Waals surface area contributed by atoms with Gasteiger partial charge in [0.15, 0.2) is 9.84 Å². The molecule has 0 radical (unpaired) electrons. The van der Waals surface area contributed by atoms with Crippen molar-refractivity contribution in [2.24, 2.45) is 0 Å². The first-order chi connectivity index (χ1) is 8.44. The van der Waals surface area contributed by atoms with E-state index in [4.69, 9.17) is 0 Å². The molecule has 0 bridgehead atoms. The van der Waals surface area contributed by atoms with Gasteiger partial charge in [0.05, 0.1) is 11.9 Å². The van der Waals surface area contributed by atoms with Crippen LogP contribution >= 0.6 is 0 Å².